The molecule has 0 atom stereocenters. The molecule has 5 aromatic rings. The van der Waals surface area contributed by atoms with Crippen molar-refractivity contribution in [2.24, 2.45) is 23.8 Å². The van der Waals surface area contributed by atoms with Crippen LogP contribution < -0.4 is 21.8 Å². The van der Waals surface area contributed by atoms with E-state index in [9.17, 15) is 0 Å². The predicted molar refractivity (Wildman–Crippen MR) is 136 cm³/mol. The van der Waals surface area contributed by atoms with Gasteiger partial charge in [0.15, 0.2) is 5.84 Å². The number of hydrogen-bond donors (Lipinski definition) is 3. The van der Waals surface area contributed by atoms with Gasteiger partial charge in [0.25, 0.3) is 0 Å². The molecule has 170 valence electrons. The molecule has 7 heteroatoms. The number of aromatic nitrogens is 2. The lowest BCUT2D eigenvalue weighted by Crippen LogP contribution is -2.32. The maximum atomic E-state index is 6.08. The van der Waals surface area contributed by atoms with E-state index in [1.807, 2.05) is 48.5 Å². The third kappa shape index (κ3) is 4.29. The van der Waals surface area contributed by atoms with Gasteiger partial charge in [0.05, 0.1) is 16.7 Å². The van der Waals surface area contributed by atoms with Gasteiger partial charge in [0.1, 0.15) is 12.4 Å². The predicted octanol–water partition coefficient (Wildman–Crippen LogP) is 3.98. The van der Waals surface area contributed by atoms with Gasteiger partial charge in [-0.25, -0.2) is 10.8 Å². The van der Waals surface area contributed by atoms with E-state index in [1.165, 1.54) is 10.9 Å². The van der Waals surface area contributed by atoms with Crippen molar-refractivity contribution in [2.45, 2.75) is 13.0 Å². The number of nitrogens with one attached hydrogen (secondary N) is 1. The van der Waals surface area contributed by atoms with Crippen LogP contribution in [0.4, 0.5) is 0 Å². The van der Waals surface area contributed by atoms with Crippen molar-refractivity contribution in [1.29, 1.82) is 0 Å². The van der Waals surface area contributed by atoms with Crippen molar-refractivity contribution in [3.63, 3.8) is 0 Å². The summed E-state index contributed by atoms with van der Waals surface area (Å²) in [6, 6.07) is 26.4. The lowest BCUT2D eigenvalue weighted by molar-refractivity contribution is 0.302. The first kappa shape index (κ1) is 21.5. The minimum absolute atomic E-state index is 0.417. The molecule has 2 heterocycles. The van der Waals surface area contributed by atoms with E-state index in [0.29, 0.717) is 12.4 Å². The Balaban J connectivity index is 1.36. The number of hydrogen-bond acceptors (Lipinski definition) is 5. The van der Waals surface area contributed by atoms with E-state index in [2.05, 4.69) is 58.7 Å². The van der Waals surface area contributed by atoms with Gasteiger partial charge in [-0.15, -0.1) is 0 Å². The van der Waals surface area contributed by atoms with Crippen molar-refractivity contribution >= 4 is 27.6 Å². The second-order valence-electron chi connectivity index (χ2n) is 8.23. The van der Waals surface area contributed by atoms with Crippen LogP contribution in [-0.2, 0) is 20.1 Å². The van der Waals surface area contributed by atoms with Gasteiger partial charge in [0.2, 0.25) is 0 Å². The number of nitrogens with zero attached hydrogens (tertiary/aromatic N) is 3. The summed E-state index contributed by atoms with van der Waals surface area (Å²) in [4.78, 5) is 4.69. The Labute approximate surface area is 197 Å². The summed E-state index contributed by atoms with van der Waals surface area (Å²) in [5.74, 6) is 12.2. The monoisotopic (exact) mass is 450 g/mol. The SMILES string of the molecule is Cn1cc(Cc2cccc(/C(=N/N)NN)c2)c2ccc(OCc3ccc4ccccc4n3)cc21. The molecule has 5 rings (SSSR count). The molecule has 5 N–H and O–H groups in total. The zero-order chi connectivity index (χ0) is 23.5. The number of nitrogens with two attached hydrogens (primary N) is 2. The smallest absolute Gasteiger partial charge is 0.166 e. The quantitative estimate of drug-likeness (QED) is 0.157. The van der Waals surface area contributed by atoms with Crippen molar-refractivity contribution in [1.82, 2.24) is 15.0 Å². The van der Waals surface area contributed by atoms with Crippen LogP contribution >= 0.6 is 0 Å². The maximum absolute atomic E-state index is 6.08. The van der Waals surface area contributed by atoms with Gasteiger partial charge >= 0.3 is 0 Å². The summed E-state index contributed by atoms with van der Waals surface area (Å²) in [7, 11) is 2.05. The van der Waals surface area contributed by atoms with Crippen LogP contribution in [0.2, 0.25) is 0 Å². The van der Waals surface area contributed by atoms with E-state index in [-0.39, 0.29) is 0 Å². The molecule has 0 spiro atoms. The number of hydrazine groups is 1. The van der Waals surface area contributed by atoms with E-state index in [0.717, 1.165) is 45.4 Å². The zero-order valence-electron chi connectivity index (χ0n) is 18.9. The molecule has 0 aliphatic heterocycles. The van der Waals surface area contributed by atoms with E-state index < -0.39 is 0 Å². The molecule has 0 saturated heterocycles. The van der Waals surface area contributed by atoms with Gasteiger partial charge in [-0.05, 0) is 47.9 Å². The Morgan fingerprint density at radius 3 is 2.76 bits per heavy atom. The molecule has 0 fully saturated rings. The third-order valence-electron chi connectivity index (χ3n) is 5.95. The van der Waals surface area contributed by atoms with Crippen LogP contribution in [0.3, 0.4) is 0 Å². The number of pyridine rings is 1. The first-order valence-corrected chi connectivity index (χ1v) is 11.0. The molecular formula is C27H26N6O. The highest BCUT2D eigenvalue weighted by Crippen LogP contribution is 2.28. The van der Waals surface area contributed by atoms with Crippen LogP contribution in [0, 0.1) is 0 Å². The summed E-state index contributed by atoms with van der Waals surface area (Å²) < 4.78 is 8.21. The average Bonchev–Trinajstić information content (AvgIpc) is 3.18. The molecule has 0 saturated carbocycles. The van der Waals surface area contributed by atoms with E-state index >= 15 is 0 Å². The Bertz CT molecular complexity index is 1500. The van der Waals surface area contributed by atoms with Crippen molar-refractivity contribution < 1.29 is 4.74 Å². The summed E-state index contributed by atoms with van der Waals surface area (Å²) in [6.45, 7) is 0.417. The van der Waals surface area contributed by atoms with Crippen LogP contribution in [-0.4, -0.2) is 15.4 Å². The van der Waals surface area contributed by atoms with Crippen molar-refractivity contribution in [3.8, 4) is 5.75 Å². The number of benzene rings is 3. The largest absolute Gasteiger partial charge is 0.487 e. The zero-order valence-corrected chi connectivity index (χ0v) is 18.9. The molecule has 34 heavy (non-hydrogen) atoms. The minimum Gasteiger partial charge on any atom is -0.487 e. The molecule has 0 bridgehead atoms. The number of aryl methyl sites for hydroxylation is 1. The number of para-hydroxylation sites is 1. The van der Waals surface area contributed by atoms with Gasteiger partial charge in [0, 0.05) is 35.6 Å². The first-order chi connectivity index (χ1) is 16.6. The highest BCUT2D eigenvalue weighted by molar-refractivity contribution is 5.98. The number of hydrazone groups is 1. The lowest BCUT2D eigenvalue weighted by Gasteiger charge is -2.08. The second kappa shape index (κ2) is 9.25. The number of amidine groups is 1. The molecule has 0 aliphatic carbocycles. The summed E-state index contributed by atoms with van der Waals surface area (Å²) in [6.07, 6.45) is 2.93. The van der Waals surface area contributed by atoms with Crippen LogP contribution in [0.1, 0.15) is 22.4 Å². The number of ether oxygens (including phenoxy) is 1. The van der Waals surface area contributed by atoms with Crippen LogP contribution in [0.5, 0.6) is 5.75 Å². The molecular weight excluding hydrogens is 424 g/mol. The fourth-order valence-electron chi connectivity index (χ4n) is 4.27. The number of fused-ring (bicyclic) bond motifs is 2. The minimum atomic E-state index is 0.417. The second-order valence-corrected chi connectivity index (χ2v) is 8.23. The number of rotatable bonds is 6. The van der Waals surface area contributed by atoms with Crippen LogP contribution in [0.15, 0.2) is 90.2 Å². The third-order valence-corrected chi connectivity index (χ3v) is 5.95. The van der Waals surface area contributed by atoms with Gasteiger partial charge in [-0.3, -0.25) is 0 Å². The Kier molecular flexibility index (Phi) is 5.84. The Morgan fingerprint density at radius 2 is 1.91 bits per heavy atom. The molecule has 0 aliphatic rings. The fourth-order valence-corrected chi connectivity index (χ4v) is 4.27. The highest BCUT2D eigenvalue weighted by Gasteiger charge is 2.11. The fraction of sp³-hybridized carbons (Fsp3) is 0.111. The van der Waals surface area contributed by atoms with Crippen molar-refractivity contribution in [3.05, 3.63) is 107 Å². The highest BCUT2D eigenvalue weighted by atomic mass is 16.5. The normalized spacial score (nSPS) is 11.8. The summed E-state index contributed by atoms with van der Waals surface area (Å²) in [5, 5.41) is 6.01. The molecule has 0 amide bonds. The van der Waals surface area contributed by atoms with Crippen LogP contribution in [0.25, 0.3) is 21.8 Å². The molecule has 7 nitrogen and oxygen atoms in total. The average molecular weight is 451 g/mol. The van der Waals surface area contributed by atoms with Gasteiger partial charge in [-0.1, -0.05) is 42.5 Å². The maximum Gasteiger partial charge on any atom is 0.166 e. The standard InChI is InChI=1S/C27H26N6O/c1-33-16-21(14-18-5-4-7-20(13-18)27(31-28)32-29)24-12-11-23(15-26(24)33)34-17-22-10-9-19-6-2-3-8-25(19)30-22/h2-13,15-16H,14,17,28-29H2,1H3,(H,31,32). The molecule has 0 unspecified atom stereocenters. The Morgan fingerprint density at radius 1 is 1.03 bits per heavy atom. The molecule has 0 radical (unpaired) electrons. The van der Waals surface area contributed by atoms with E-state index in [1.54, 1.807) is 0 Å². The van der Waals surface area contributed by atoms with Gasteiger partial charge < -0.3 is 20.6 Å². The first-order valence-electron chi connectivity index (χ1n) is 11.0. The lowest BCUT2D eigenvalue weighted by atomic mass is 10.0. The molecule has 2 aromatic heterocycles. The summed E-state index contributed by atoms with van der Waals surface area (Å²) >= 11 is 0. The van der Waals surface area contributed by atoms with Crippen molar-refractivity contribution in [2.75, 3.05) is 0 Å². The van der Waals surface area contributed by atoms with Gasteiger partial charge in [-0.2, -0.15) is 5.10 Å². The topological polar surface area (TPSA) is 103 Å². The van der Waals surface area contributed by atoms with E-state index in [4.69, 9.17) is 21.4 Å². The summed E-state index contributed by atoms with van der Waals surface area (Å²) in [5.41, 5.74) is 8.74. The molecule has 3 aromatic carbocycles. The Hall–Kier alpha value is -4.36.